The van der Waals surface area contributed by atoms with Gasteiger partial charge in [-0.1, -0.05) is 54.1 Å². The average Bonchev–Trinajstić information content (AvgIpc) is 3.16. The molecule has 5 nitrogen and oxygen atoms in total. The number of H-pyrrole nitrogens is 1. The molecule has 0 aliphatic heterocycles. The topological polar surface area (TPSA) is 79.0 Å². The van der Waals surface area contributed by atoms with Crippen LogP contribution in [0.2, 0.25) is 0 Å². The molecule has 152 valence electrons. The quantitative estimate of drug-likeness (QED) is 0.484. The van der Waals surface area contributed by atoms with Gasteiger partial charge in [0.1, 0.15) is 5.25 Å². The Morgan fingerprint density at radius 1 is 0.933 bits per heavy atom. The highest BCUT2D eigenvalue weighted by molar-refractivity contribution is 7.92. The average molecular weight is 419 g/mol. The lowest BCUT2D eigenvalue weighted by atomic mass is 10.1. The van der Waals surface area contributed by atoms with E-state index in [1.807, 2.05) is 37.3 Å². The molecule has 1 atom stereocenters. The van der Waals surface area contributed by atoms with Crippen LogP contribution in [0.5, 0.6) is 0 Å². The molecule has 0 spiro atoms. The number of hydrogen-bond acceptors (Lipinski definition) is 3. The molecular weight excluding hydrogens is 396 g/mol. The van der Waals surface area contributed by atoms with E-state index in [0.29, 0.717) is 5.69 Å². The molecule has 0 aliphatic rings. The third kappa shape index (κ3) is 4.00. The van der Waals surface area contributed by atoms with Gasteiger partial charge in [-0.05, 0) is 42.8 Å². The van der Waals surface area contributed by atoms with Crippen molar-refractivity contribution in [1.29, 1.82) is 0 Å². The first-order valence-corrected chi connectivity index (χ1v) is 11.2. The number of nitrogens with one attached hydrogen (secondary N) is 2. The van der Waals surface area contributed by atoms with E-state index in [2.05, 4.69) is 10.3 Å². The summed E-state index contributed by atoms with van der Waals surface area (Å²) in [6.45, 7) is 1.89. The van der Waals surface area contributed by atoms with Crippen molar-refractivity contribution in [2.24, 2.45) is 0 Å². The maximum Gasteiger partial charge on any atom is 0.243 e. The highest BCUT2D eigenvalue weighted by atomic mass is 32.2. The minimum absolute atomic E-state index is 0.0683. The summed E-state index contributed by atoms with van der Waals surface area (Å²) in [6, 6.07) is 23.1. The lowest BCUT2D eigenvalue weighted by Gasteiger charge is -2.18. The monoisotopic (exact) mass is 418 g/mol. The molecule has 0 fully saturated rings. The fourth-order valence-electron chi connectivity index (χ4n) is 3.48. The van der Waals surface area contributed by atoms with Crippen LogP contribution in [0.15, 0.2) is 90.0 Å². The number of anilines is 1. The lowest BCUT2D eigenvalue weighted by molar-refractivity contribution is -0.115. The van der Waals surface area contributed by atoms with Gasteiger partial charge in [-0.15, -0.1) is 0 Å². The standard InChI is InChI=1S/C24H22N2O3S/c1-17-11-13-20(14-12-17)30(28,29)23(24(27)26-19-7-3-2-4-8-19)15-18-16-25-22-10-6-5-9-21(18)22/h2-14,16,23,25H,15H2,1H3,(H,26,27)/t23-/m0/s1. The summed E-state index contributed by atoms with van der Waals surface area (Å²) in [6.07, 6.45) is 1.84. The van der Waals surface area contributed by atoms with Gasteiger partial charge in [0, 0.05) is 29.2 Å². The lowest BCUT2D eigenvalue weighted by Crippen LogP contribution is -2.37. The first-order chi connectivity index (χ1) is 14.4. The molecule has 1 aromatic heterocycles. The van der Waals surface area contributed by atoms with E-state index < -0.39 is 21.0 Å². The van der Waals surface area contributed by atoms with Crippen molar-refractivity contribution in [3.63, 3.8) is 0 Å². The molecule has 4 rings (SSSR count). The summed E-state index contributed by atoms with van der Waals surface area (Å²) in [4.78, 5) is 16.5. The minimum atomic E-state index is -3.91. The number of hydrogen-bond donors (Lipinski definition) is 2. The maximum absolute atomic E-state index is 13.5. The second-order valence-corrected chi connectivity index (χ2v) is 9.40. The summed E-state index contributed by atoms with van der Waals surface area (Å²) in [5.41, 5.74) is 3.21. The number of carbonyl (C=O) groups excluding carboxylic acids is 1. The fourth-order valence-corrected chi connectivity index (χ4v) is 5.06. The Morgan fingerprint density at radius 3 is 2.33 bits per heavy atom. The molecule has 0 radical (unpaired) electrons. The van der Waals surface area contributed by atoms with Gasteiger partial charge >= 0.3 is 0 Å². The van der Waals surface area contributed by atoms with E-state index in [-0.39, 0.29) is 11.3 Å². The normalized spacial score (nSPS) is 12.6. The molecule has 2 N–H and O–H groups in total. The predicted octanol–water partition coefficient (Wildman–Crippen LogP) is 4.50. The third-order valence-electron chi connectivity index (χ3n) is 5.14. The van der Waals surface area contributed by atoms with Crippen molar-refractivity contribution < 1.29 is 13.2 Å². The zero-order valence-corrected chi connectivity index (χ0v) is 17.3. The summed E-state index contributed by atoms with van der Waals surface area (Å²) < 4.78 is 26.9. The summed E-state index contributed by atoms with van der Waals surface area (Å²) >= 11 is 0. The molecule has 0 saturated carbocycles. The van der Waals surface area contributed by atoms with Crippen LogP contribution in [0.4, 0.5) is 5.69 Å². The van der Waals surface area contributed by atoms with E-state index in [4.69, 9.17) is 0 Å². The van der Waals surface area contributed by atoms with Gasteiger partial charge in [0.15, 0.2) is 9.84 Å². The predicted molar refractivity (Wildman–Crippen MR) is 119 cm³/mol. The Bertz CT molecular complexity index is 1280. The molecule has 6 heteroatoms. The smallest absolute Gasteiger partial charge is 0.243 e. The molecular formula is C24H22N2O3S. The van der Waals surface area contributed by atoms with Gasteiger partial charge in [-0.2, -0.15) is 0 Å². The van der Waals surface area contributed by atoms with Crippen LogP contribution in [0.25, 0.3) is 10.9 Å². The second-order valence-electron chi connectivity index (χ2n) is 7.27. The van der Waals surface area contributed by atoms with Crippen molar-refractivity contribution in [3.8, 4) is 0 Å². The minimum Gasteiger partial charge on any atom is -0.361 e. The van der Waals surface area contributed by atoms with Crippen molar-refractivity contribution in [1.82, 2.24) is 4.98 Å². The van der Waals surface area contributed by atoms with E-state index in [1.165, 1.54) is 0 Å². The number of fused-ring (bicyclic) bond motifs is 1. The molecule has 0 saturated heterocycles. The molecule has 0 aliphatic carbocycles. The highest BCUT2D eigenvalue weighted by Crippen LogP contribution is 2.25. The van der Waals surface area contributed by atoms with Crippen molar-refractivity contribution in [2.75, 3.05) is 5.32 Å². The first kappa shape index (κ1) is 19.9. The van der Waals surface area contributed by atoms with Crippen LogP contribution in [-0.4, -0.2) is 24.6 Å². The summed E-state index contributed by atoms with van der Waals surface area (Å²) in [7, 11) is -3.91. The van der Waals surface area contributed by atoms with Crippen molar-refractivity contribution in [2.45, 2.75) is 23.5 Å². The Hall–Kier alpha value is -3.38. The largest absolute Gasteiger partial charge is 0.361 e. The van der Waals surface area contributed by atoms with Crippen molar-refractivity contribution >= 4 is 32.3 Å². The summed E-state index contributed by atoms with van der Waals surface area (Å²) in [5, 5.41) is 2.41. The number of rotatable bonds is 6. The van der Waals surface area contributed by atoms with Gasteiger partial charge in [0.05, 0.1) is 4.90 Å². The Balaban J connectivity index is 1.74. The molecule has 0 bridgehead atoms. The van der Waals surface area contributed by atoms with Crippen LogP contribution in [-0.2, 0) is 21.1 Å². The highest BCUT2D eigenvalue weighted by Gasteiger charge is 2.35. The van der Waals surface area contributed by atoms with Gasteiger partial charge in [-0.25, -0.2) is 8.42 Å². The van der Waals surface area contributed by atoms with E-state index in [9.17, 15) is 13.2 Å². The molecule has 1 amide bonds. The Kier molecular flexibility index (Phi) is 5.42. The number of aryl methyl sites for hydroxylation is 1. The zero-order valence-electron chi connectivity index (χ0n) is 16.5. The van der Waals surface area contributed by atoms with E-state index in [0.717, 1.165) is 22.0 Å². The summed E-state index contributed by atoms with van der Waals surface area (Å²) in [5.74, 6) is -0.549. The molecule has 0 unspecified atom stereocenters. The van der Waals surface area contributed by atoms with E-state index >= 15 is 0 Å². The number of benzene rings is 3. The second kappa shape index (κ2) is 8.16. The Morgan fingerprint density at radius 2 is 1.60 bits per heavy atom. The third-order valence-corrected chi connectivity index (χ3v) is 7.20. The van der Waals surface area contributed by atoms with Gasteiger partial charge < -0.3 is 10.3 Å². The molecule has 3 aromatic carbocycles. The maximum atomic E-state index is 13.5. The van der Waals surface area contributed by atoms with Crippen LogP contribution in [0, 0.1) is 6.92 Å². The van der Waals surface area contributed by atoms with Gasteiger partial charge in [0.2, 0.25) is 5.91 Å². The number of aromatic amines is 1. The first-order valence-electron chi connectivity index (χ1n) is 9.66. The molecule has 4 aromatic rings. The van der Waals surface area contributed by atoms with E-state index in [1.54, 1.807) is 54.7 Å². The van der Waals surface area contributed by atoms with Crippen LogP contribution in [0.1, 0.15) is 11.1 Å². The van der Waals surface area contributed by atoms with Gasteiger partial charge in [-0.3, -0.25) is 4.79 Å². The van der Waals surface area contributed by atoms with Crippen LogP contribution in [0.3, 0.4) is 0 Å². The number of sulfone groups is 1. The Labute approximate surface area is 175 Å². The molecule has 1 heterocycles. The SMILES string of the molecule is Cc1ccc(S(=O)(=O)[C@@H](Cc2c[nH]c3ccccc23)C(=O)Nc2ccccc2)cc1. The number of carbonyl (C=O) groups is 1. The van der Waals surface area contributed by atoms with Crippen LogP contribution < -0.4 is 5.32 Å². The zero-order chi connectivity index (χ0) is 21.1. The number of para-hydroxylation sites is 2. The van der Waals surface area contributed by atoms with Gasteiger partial charge in [0.25, 0.3) is 0 Å². The number of aromatic nitrogens is 1. The van der Waals surface area contributed by atoms with Crippen molar-refractivity contribution in [3.05, 3.63) is 96.2 Å². The van der Waals surface area contributed by atoms with Crippen LogP contribution >= 0.6 is 0 Å². The molecule has 30 heavy (non-hydrogen) atoms. The number of amides is 1. The fraction of sp³-hybridized carbons (Fsp3) is 0.125.